The molecule has 1 saturated heterocycles. The van der Waals surface area contributed by atoms with Crippen LogP contribution >= 0.6 is 7.60 Å². The van der Waals surface area contributed by atoms with Crippen LogP contribution in [0.25, 0.3) is 0 Å². The van der Waals surface area contributed by atoms with Gasteiger partial charge in [0.05, 0.1) is 12.3 Å². The Morgan fingerprint density at radius 1 is 1.55 bits per heavy atom. The van der Waals surface area contributed by atoms with E-state index < -0.39 is 19.7 Å². The van der Waals surface area contributed by atoms with E-state index in [9.17, 15) is 14.5 Å². The van der Waals surface area contributed by atoms with Crippen molar-refractivity contribution < 1.29 is 29.0 Å². The Morgan fingerprint density at radius 2 is 2.25 bits per heavy atom. The summed E-state index contributed by atoms with van der Waals surface area (Å²) in [4.78, 5) is 32.3. The highest BCUT2D eigenvalue weighted by molar-refractivity contribution is 7.51. The second-order valence-corrected chi connectivity index (χ2v) is 6.43. The molecule has 0 aliphatic carbocycles. The number of aromatic hydroxyl groups is 1. The molecule has 1 aliphatic heterocycles. The lowest BCUT2D eigenvalue weighted by Crippen LogP contribution is -2.13. The van der Waals surface area contributed by atoms with E-state index in [0.717, 1.165) is 0 Å². The Kier molecular flexibility index (Phi) is 4.14. The van der Waals surface area contributed by atoms with Crippen LogP contribution < -0.4 is 5.73 Å². The van der Waals surface area contributed by atoms with Crippen molar-refractivity contribution >= 4 is 13.5 Å². The van der Waals surface area contributed by atoms with Gasteiger partial charge in [-0.25, -0.2) is 4.98 Å². The quantitative estimate of drug-likeness (QED) is 0.556. The van der Waals surface area contributed by atoms with Crippen LogP contribution in [-0.2, 0) is 9.30 Å². The molecule has 1 aromatic rings. The van der Waals surface area contributed by atoms with Gasteiger partial charge in [-0.3, -0.25) is 13.9 Å². The predicted molar refractivity (Wildman–Crippen MR) is 67.1 cm³/mol. The van der Waals surface area contributed by atoms with Crippen molar-refractivity contribution in [2.24, 2.45) is 5.73 Å². The van der Waals surface area contributed by atoms with Gasteiger partial charge in [0.15, 0.2) is 5.69 Å². The van der Waals surface area contributed by atoms with E-state index in [1.54, 1.807) is 0 Å². The molecule has 0 spiro atoms. The number of primary amides is 1. The van der Waals surface area contributed by atoms with Gasteiger partial charge in [0.2, 0.25) is 5.88 Å². The summed E-state index contributed by atoms with van der Waals surface area (Å²) in [6, 6.07) is 0. The first-order valence-corrected chi connectivity index (χ1v) is 7.83. The number of nitrogens with zero attached hydrogens (tertiary/aromatic N) is 2. The summed E-state index contributed by atoms with van der Waals surface area (Å²) < 4.78 is 17.7. The van der Waals surface area contributed by atoms with Crippen LogP contribution in [0.3, 0.4) is 0 Å². The molecule has 0 radical (unpaired) electrons. The number of rotatable bonds is 5. The number of imidazole rings is 1. The average Bonchev–Trinajstić information content (AvgIpc) is 2.91. The van der Waals surface area contributed by atoms with Crippen molar-refractivity contribution in [3.8, 4) is 5.88 Å². The third kappa shape index (κ3) is 3.37. The van der Waals surface area contributed by atoms with Crippen molar-refractivity contribution in [1.82, 2.24) is 9.55 Å². The molecule has 112 valence electrons. The Labute approximate surface area is 114 Å². The first-order valence-electron chi connectivity index (χ1n) is 6.03. The highest BCUT2D eigenvalue weighted by atomic mass is 31.2. The monoisotopic (exact) mass is 305 g/mol. The third-order valence-corrected chi connectivity index (χ3v) is 3.98. The molecule has 0 bridgehead atoms. The molecule has 9 nitrogen and oxygen atoms in total. The predicted octanol–water partition coefficient (Wildman–Crippen LogP) is -0.0670. The lowest BCUT2D eigenvalue weighted by molar-refractivity contribution is -0.00286. The zero-order valence-corrected chi connectivity index (χ0v) is 11.4. The summed E-state index contributed by atoms with van der Waals surface area (Å²) in [6.07, 6.45) is 1.59. The average molecular weight is 305 g/mol. The number of amides is 1. The second-order valence-electron chi connectivity index (χ2n) is 4.66. The van der Waals surface area contributed by atoms with Gasteiger partial charge in [-0.2, -0.15) is 0 Å². The standard InChI is InChI=1S/C10H16N3O6P/c11-9(14)8-10(15)13(5-12-8)7-2-1-6(19-7)3-4-20(16,17)18/h5-7,15H,1-4H2,(H2,11,14)(H2,16,17,18)/t6-,7+/m0/s1. The minimum Gasteiger partial charge on any atom is -0.493 e. The maximum atomic E-state index is 11.0. The van der Waals surface area contributed by atoms with Crippen molar-refractivity contribution in [3.63, 3.8) is 0 Å². The Balaban J connectivity index is 1.99. The third-order valence-electron chi connectivity index (χ3n) is 3.14. The largest absolute Gasteiger partial charge is 0.493 e. The van der Waals surface area contributed by atoms with Gasteiger partial charge in [0, 0.05) is 0 Å². The minimum atomic E-state index is -4.04. The van der Waals surface area contributed by atoms with Crippen LogP contribution in [0.2, 0.25) is 0 Å². The lowest BCUT2D eigenvalue weighted by Gasteiger charge is -2.15. The van der Waals surface area contributed by atoms with Crippen molar-refractivity contribution in [3.05, 3.63) is 12.0 Å². The first-order chi connectivity index (χ1) is 9.28. The maximum Gasteiger partial charge on any atom is 0.325 e. The highest BCUT2D eigenvalue weighted by Crippen LogP contribution is 2.39. The molecule has 20 heavy (non-hydrogen) atoms. The molecule has 0 unspecified atom stereocenters. The topological polar surface area (TPSA) is 148 Å². The van der Waals surface area contributed by atoms with Crippen LogP contribution in [0.4, 0.5) is 0 Å². The summed E-state index contributed by atoms with van der Waals surface area (Å²) in [5, 5.41) is 9.80. The molecule has 2 atom stereocenters. The van der Waals surface area contributed by atoms with Crippen molar-refractivity contribution in [2.75, 3.05) is 6.16 Å². The maximum absolute atomic E-state index is 11.0. The summed E-state index contributed by atoms with van der Waals surface area (Å²) >= 11 is 0. The molecule has 1 amide bonds. The normalized spacial score (nSPS) is 23.1. The summed E-state index contributed by atoms with van der Waals surface area (Å²) in [5.41, 5.74) is 4.82. The number of carbonyl (C=O) groups is 1. The molecule has 0 saturated carbocycles. The zero-order chi connectivity index (χ0) is 14.9. The van der Waals surface area contributed by atoms with E-state index in [-0.39, 0.29) is 30.3 Å². The fourth-order valence-corrected chi connectivity index (χ4v) is 2.78. The number of hydrogen-bond acceptors (Lipinski definition) is 5. The van der Waals surface area contributed by atoms with Crippen LogP contribution in [0, 0.1) is 0 Å². The number of aromatic nitrogens is 2. The Bertz CT molecular complexity index is 553. The Hall–Kier alpha value is -1.41. The molecular formula is C10H16N3O6P. The van der Waals surface area contributed by atoms with E-state index in [1.165, 1.54) is 10.9 Å². The van der Waals surface area contributed by atoms with Gasteiger partial charge in [-0.05, 0) is 19.3 Å². The van der Waals surface area contributed by atoms with E-state index in [1.807, 2.05) is 0 Å². The van der Waals surface area contributed by atoms with E-state index >= 15 is 0 Å². The number of nitrogens with two attached hydrogens (primary N) is 1. The van der Waals surface area contributed by atoms with Gasteiger partial charge < -0.3 is 25.4 Å². The molecule has 5 N–H and O–H groups in total. The molecule has 1 fully saturated rings. The van der Waals surface area contributed by atoms with Gasteiger partial charge >= 0.3 is 7.60 Å². The SMILES string of the molecule is NC(=O)c1ncn([C@H]2CC[C@@H](CCP(=O)(O)O)O2)c1O. The first kappa shape index (κ1) is 15.0. The lowest BCUT2D eigenvalue weighted by atomic mass is 10.2. The van der Waals surface area contributed by atoms with E-state index in [0.29, 0.717) is 12.8 Å². The Morgan fingerprint density at radius 3 is 2.80 bits per heavy atom. The second kappa shape index (κ2) is 5.53. The van der Waals surface area contributed by atoms with Gasteiger partial charge in [0.25, 0.3) is 5.91 Å². The molecule has 0 aromatic carbocycles. The van der Waals surface area contributed by atoms with E-state index in [2.05, 4.69) is 4.98 Å². The molecule has 1 aromatic heterocycles. The molecule has 10 heteroatoms. The van der Waals surface area contributed by atoms with Gasteiger partial charge in [-0.15, -0.1) is 0 Å². The van der Waals surface area contributed by atoms with Crippen molar-refractivity contribution in [2.45, 2.75) is 31.6 Å². The summed E-state index contributed by atoms with van der Waals surface area (Å²) in [7, 11) is -4.04. The van der Waals surface area contributed by atoms with E-state index in [4.69, 9.17) is 20.3 Å². The summed E-state index contributed by atoms with van der Waals surface area (Å²) in [5.74, 6) is -1.20. The van der Waals surface area contributed by atoms with Crippen LogP contribution in [-0.4, -0.2) is 42.6 Å². The number of carbonyl (C=O) groups excluding carboxylic acids is 1. The highest BCUT2D eigenvalue weighted by Gasteiger charge is 2.30. The molecule has 2 rings (SSSR count). The number of ether oxygens (including phenoxy) is 1. The fraction of sp³-hybridized carbons (Fsp3) is 0.600. The van der Waals surface area contributed by atoms with Crippen LogP contribution in [0.5, 0.6) is 5.88 Å². The molecular weight excluding hydrogens is 289 g/mol. The van der Waals surface area contributed by atoms with Crippen LogP contribution in [0.1, 0.15) is 36.0 Å². The minimum absolute atomic E-state index is 0.229. The molecule has 2 heterocycles. The smallest absolute Gasteiger partial charge is 0.325 e. The van der Waals surface area contributed by atoms with Gasteiger partial charge in [-0.1, -0.05) is 0 Å². The number of hydrogen-bond donors (Lipinski definition) is 4. The molecule has 1 aliphatic rings. The van der Waals surface area contributed by atoms with Gasteiger partial charge in [0.1, 0.15) is 12.6 Å². The van der Waals surface area contributed by atoms with Crippen molar-refractivity contribution in [1.29, 1.82) is 0 Å². The summed E-state index contributed by atoms with van der Waals surface area (Å²) in [6.45, 7) is 0. The van der Waals surface area contributed by atoms with Crippen LogP contribution in [0.15, 0.2) is 6.33 Å². The zero-order valence-electron chi connectivity index (χ0n) is 10.5. The fourth-order valence-electron chi connectivity index (χ4n) is 2.16.